The minimum absolute atomic E-state index is 0.163. The molecule has 2 heterocycles. The van der Waals surface area contributed by atoms with Gasteiger partial charge in [0.05, 0.1) is 6.04 Å². The Morgan fingerprint density at radius 1 is 1.15 bits per heavy atom. The van der Waals surface area contributed by atoms with Crippen LogP contribution in [0.5, 0.6) is 0 Å². The molecule has 4 rings (SSSR count). The average Bonchev–Trinajstić information content (AvgIpc) is 3.16. The molecule has 2 aliphatic rings. The van der Waals surface area contributed by atoms with Crippen LogP contribution in [0.25, 0.3) is 0 Å². The summed E-state index contributed by atoms with van der Waals surface area (Å²) in [6.45, 7) is 6.46. The Hall–Kier alpha value is -2.94. The molecule has 4 amide bonds. The Labute approximate surface area is 204 Å². The first kappa shape index (κ1) is 24.2. The van der Waals surface area contributed by atoms with E-state index in [1.165, 1.54) is 9.80 Å². The van der Waals surface area contributed by atoms with E-state index in [1.807, 2.05) is 62.2 Å². The van der Waals surface area contributed by atoms with E-state index >= 15 is 0 Å². The number of urea groups is 1. The molecule has 2 N–H and O–H groups in total. The Balaban J connectivity index is 1.55. The number of nitrogens with one attached hydrogen (secondary N) is 2. The zero-order valence-corrected chi connectivity index (χ0v) is 20.4. The van der Waals surface area contributed by atoms with E-state index in [1.54, 1.807) is 12.1 Å². The van der Waals surface area contributed by atoms with Crippen molar-refractivity contribution in [2.75, 3.05) is 25.0 Å². The lowest BCUT2D eigenvalue weighted by Gasteiger charge is -2.43. The van der Waals surface area contributed by atoms with E-state index in [0.717, 1.165) is 11.1 Å². The number of hydrazine groups is 1. The van der Waals surface area contributed by atoms with Gasteiger partial charge in [-0.15, -0.1) is 0 Å². The molecule has 0 spiro atoms. The topological polar surface area (TPSA) is 85.0 Å². The number of anilines is 1. The largest absolute Gasteiger partial charge is 0.327 e. The number of carbonyl (C=O) groups is 3. The van der Waals surface area contributed by atoms with Gasteiger partial charge in [0, 0.05) is 29.8 Å². The number of hydrogen-bond donors (Lipinski definition) is 2. The van der Waals surface area contributed by atoms with Crippen molar-refractivity contribution in [3.05, 3.63) is 64.7 Å². The summed E-state index contributed by atoms with van der Waals surface area (Å²) in [5, 5.41) is 5.24. The molecule has 2 aromatic carbocycles. The average molecular weight is 484 g/mol. The number of aryl methyl sites for hydroxylation is 1. The number of halogens is 1. The normalized spacial score (nSPS) is 22.8. The number of imide groups is 1. The molecule has 0 bridgehead atoms. The van der Waals surface area contributed by atoms with Gasteiger partial charge in [0.25, 0.3) is 5.91 Å². The van der Waals surface area contributed by atoms with Gasteiger partial charge in [0.1, 0.15) is 12.6 Å². The fourth-order valence-corrected chi connectivity index (χ4v) is 4.89. The number of amides is 4. The Bertz CT molecular complexity index is 1080. The minimum atomic E-state index is -0.546. The summed E-state index contributed by atoms with van der Waals surface area (Å²) >= 11 is 6.18. The maximum absolute atomic E-state index is 13.5. The highest BCUT2D eigenvalue weighted by atomic mass is 35.5. The maximum atomic E-state index is 13.5. The van der Waals surface area contributed by atoms with Gasteiger partial charge >= 0.3 is 6.03 Å². The Morgan fingerprint density at radius 3 is 2.56 bits per heavy atom. The third kappa shape index (κ3) is 4.80. The second-order valence-electron chi connectivity index (χ2n) is 8.79. The number of likely N-dealkylation sites (N-methyl/N-ethyl adjacent to an activating group) is 1. The quantitative estimate of drug-likeness (QED) is 0.632. The van der Waals surface area contributed by atoms with Crippen molar-refractivity contribution >= 4 is 35.1 Å². The van der Waals surface area contributed by atoms with Crippen molar-refractivity contribution in [1.29, 1.82) is 0 Å². The van der Waals surface area contributed by atoms with Crippen LogP contribution in [-0.2, 0) is 16.0 Å². The highest BCUT2D eigenvalue weighted by Gasteiger charge is 2.54. The van der Waals surface area contributed by atoms with E-state index in [-0.39, 0.29) is 30.9 Å². The van der Waals surface area contributed by atoms with Gasteiger partial charge in [0.2, 0.25) is 5.91 Å². The van der Waals surface area contributed by atoms with Crippen LogP contribution in [0.15, 0.2) is 48.5 Å². The van der Waals surface area contributed by atoms with E-state index < -0.39 is 18.1 Å². The third-order valence-corrected chi connectivity index (χ3v) is 6.88. The fourth-order valence-electron chi connectivity index (χ4n) is 4.71. The summed E-state index contributed by atoms with van der Waals surface area (Å²) in [5.74, 6) is -0.571. The van der Waals surface area contributed by atoms with E-state index in [0.29, 0.717) is 23.7 Å². The molecule has 0 saturated carbocycles. The Kier molecular flexibility index (Phi) is 7.21. The lowest BCUT2D eigenvalue weighted by atomic mass is 9.97. The van der Waals surface area contributed by atoms with Crippen LogP contribution in [0.4, 0.5) is 10.5 Å². The Morgan fingerprint density at radius 2 is 1.88 bits per heavy atom. The number of carbonyl (C=O) groups excluding carboxylic acids is 3. The van der Waals surface area contributed by atoms with Crippen molar-refractivity contribution < 1.29 is 14.4 Å². The standard InChI is InChI=1S/C25H30ClN5O3/c1-4-31-23-22(17(3)28-31)30(15-21(32)27-19-11-10-16(2)20(26)14-19)25(34)29(24(23)33)13-12-18-8-6-5-7-9-18/h5-11,14,17,22-23,28H,4,12-13,15H2,1-3H3,(H,27,32). The zero-order chi connectivity index (χ0) is 24.4. The number of rotatable bonds is 7. The summed E-state index contributed by atoms with van der Waals surface area (Å²) < 4.78 is 0. The summed E-state index contributed by atoms with van der Waals surface area (Å²) in [5.41, 5.74) is 5.81. The SMILES string of the molecule is CCN1NC(C)C2C1C(=O)N(CCc1ccccc1)C(=O)N2CC(=O)Nc1ccc(C)c(Cl)c1. The molecular weight excluding hydrogens is 454 g/mol. The maximum Gasteiger partial charge on any atom is 0.327 e. The molecule has 0 radical (unpaired) electrons. The molecule has 2 fully saturated rings. The summed E-state index contributed by atoms with van der Waals surface area (Å²) in [6.07, 6.45) is 0.548. The van der Waals surface area contributed by atoms with Gasteiger partial charge < -0.3 is 10.2 Å². The van der Waals surface area contributed by atoms with Gasteiger partial charge in [-0.2, -0.15) is 0 Å². The molecule has 2 aromatic rings. The molecule has 34 heavy (non-hydrogen) atoms. The van der Waals surface area contributed by atoms with Crippen molar-refractivity contribution in [3.63, 3.8) is 0 Å². The number of fused-ring (bicyclic) bond motifs is 1. The van der Waals surface area contributed by atoms with Gasteiger partial charge in [-0.25, -0.2) is 15.2 Å². The predicted molar refractivity (Wildman–Crippen MR) is 131 cm³/mol. The van der Waals surface area contributed by atoms with Gasteiger partial charge in [0.15, 0.2) is 0 Å². The van der Waals surface area contributed by atoms with E-state index in [2.05, 4.69) is 10.7 Å². The second kappa shape index (κ2) is 10.1. The molecule has 0 aromatic heterocycles. The number of benzene rings is 2. The molecule has 3 unspecified atom stereocenters. The zero-order valence-electron chi connectivity index (χ0n) is 19.6. The van der Waals surface area contributed by atoms with Crippen LogP contribution in [0.3, 0.4) is 0 Å². The van der Waals surface area contributed by atoms with Crippen molar-refractivity contribution in [3.8, 4) is 0 Å². The summed E-state index contributed by atoms with van der Waals surface area (Å²) in [6, 6.07) is 13.4. The summed E-state index contributed by atoms with van der Waals surface area (Å²) in [4.78, 5) is 42.7. The molecule has 0 aliphatic carbocycles. The fraction of sp³-hybridized carbons (Fsp3) is 0.400. The highest BCUT2D eigenvalue weighted by molar-refractivity contribution is 6.31. The first-order valence-corrected chi connectivity index (χ1v) is 11.9. The van der Waals surface area contributed by atoms with Crippen LogP contribution >= 0.6 is 11.6 Å². The van der Waals surface area contributed by atoms with E-state index in [9.17, 15) is 14.4 Å². The van der Waals surface area contributed by atoms with Gasteiger partial charge in [-0.1, -0.05) is 54.9 Å². The van der Waals surface area contributed by atoms with Crippen molar-refractivity contribution in [2.45, 2.75) is 45.3 Å². The first-order chi connectivity index (χ1) is 16.3. The molecule has 3 atom stereocenters. The summed E-state index contributed by atoms with van der Waals surface area (Å²) in [7, 11) is 0. The second-order valence-corrected chi connectivity index (χ2v) is 9.19. The lowest BCUT2D eigenvalue weighted by molar-refractivity contribution is -0.139. The predicted octanol–water partition coefficient (Wildman–Crippen LogP) is 3.06. The molecule has 2 aliphatic heterocycles. The van der Waals surface area contributed by atoms with Crippen molar-refractivity contribution in [1.82, 2.24) is 20.2 Å². The van der Waals surface area contributed by atoms with Crippen LogP contribution in [0.1, 0.15) is 25.0 Å². The first-order valence-electron chi connectivity index (χ1n) is 11.5. The highest BCUT2D eigenvalue weighted by Crippen LogP contribution is 2.29. The van der Waals surface area contributed by atoms with Gasteiger partial charge in [-0.05, 0) is 43.5 Å². The minimum Gasteiger partial charge on any atom is -0.324 e. The smallest absolute Gasteiger partial charge is 0.324 e. The molecular formula is C25H30ClN5O3. The molecule has 9 heteroatoms. The lowest BCUT2D eigenvalue weighted by Crippen LogP contribution is -2.67. The van der Waals surface area contributed by atoms with Crippen molar-refractivity contribution in [2.24, 2.45) is 0 Å². The van der Waals surface area contributed by atoms with Crippen LogP contribution in [-0.4, -0.2) is 70.4 Å². The third-order valence-electron chi connectivity index (χ3n) is 6.47. The van der Waals surface area contributed by atoms with Crippen LogP contribution in [0.2, 0.25) is 5.02 Å². The van der Waals surface area contributed by atoms with Crippen LogP contribution in [0, 0.1) is 6.92 Å². The molecule has 8 nitrogen and oxygen atoms in total. The van der Waals surface area contributed by atoms with E-state index in [4.69, 9.17) is 11.6 Å². The monoisotopic (exact) mass is 483 g/mol. The number of hydrogen-bond acceptors (Lipinski definition) is 5. The van der Waals surface area contributed by atoms with Gasteiger partial charge in [-0.3, -0.25) is 14.5 Å². The number of nitrogens with zero attached hydrogens (tertiary/aromatic N) is 3. The molecule has 2 saturated heterocycles. The molecule has 180 valence electrons. The van der Waals surface area contributed by atoms with Crippen LogP contribution < -0.4 is 10.7 Å².